The van der Waals surface area contributed by atoms with Crippen LogP contribution in [0.3, 0.4) is 0 Å². The summed E-state index contributed by atoms with van der Waals surface area (Å²) in [5, 5.41) is 12.8. The second-order valence-electron chi connectivity index (χ2n) is 5.62. The summed E-state index contributed by atoms with van der Waals surface area (Å²) < 4.78 is 0. The smallest absolute Gasteiger partial charge is 0.226 e. The van der Waals surface area contributed by atoms with Crippen molar-refractivity contribution in [2.45, 2.75) is 52.2 Å². The fourth-order valence-corrected chi connectivity index (χ4v) is 2.89. The third-order valence-corrected chi connectivity index (χ3v) is 4.29. The average Bonchev–Trinajstić information content (AvgIpc) is 2.79. The highest BCUT2D eigenvalue weighted by molar-refractivity contribution is 5.80. The highest BCUT2D eigenvalue weighted by atomic mass is 16.3. The second kappa shape index (κ2) is 5.74. The van der Waals surface area contributed by atoms with Crippen molar-refractivity contribution in [2.75, 3.05) is 0 Å². The van der Waals surface area contributed by atoms with Crippen LogP contribution in [0.2, 0.25) is 0 Å². The van der Waals surface area contributed by atoms with Crippen molar-refractivity contribution in [3.63, 3.8) is 0 Å². The predicted octanol–water partition coefficient (Wildman–Crippen LogP) is 2.64. The molecule has 3 heteroatoms. The van der Waals surface area contributed by atoms with Crippen LogP contribution in [-0.2, 0) is 4.79 Å². The molecule has 3 unspecified atom stereocenters. The number of carbonyl (C=O) groups is 1. The van der Waals surface area contributed by atoms with Crippen molar-refractivity contribution < 1.29 is 9.90 Å². The molecule has 1 aromatic carbocycles. The second-order valence-corrected chi connectivity index (χ2v) is 5.62. The summed E-state index contributed by atoms with van der Waals surface area (Å²) in [4.78, 5) is 12.2. The zero-order valence-corrected chi connectivity index (χ0v) is 11.9. The van der Waals surface area contributed by atoms with Crippen LogP contribution in [0.25, 0.3) is 0 Å². The Balaban J connectivity index is 2.06. The first kappa shape index (κ1) is 14.1. The van der Waals surface area contributed by atoms with Gasteiger partial charge in [0.05, 0.1) is 18.1 Å². The summed E-state index contributed by atoms with van der Waals surface area (Å²) in [5.41, 5.74) is 3.61. The Bertz CT molecular complexity index is 470. The molecule has 0 aliphatic heterocycles. The molecule has 0 bridgehead atoms. The molecule has 2 N–H and O–H groups in total. The van der Waals surface area contributed by atoms with Gasteiger partial charge < -0.3 is 10.4 Å². The van der Waals surface area contributed by atoms with E-state index >= 15 is 0 Å². The molecule has 104 valence electrons. The Labute approximate surface area is 115 Å². The van der Waals surface area contributed by atoms with Gasteiger partial charge in [-0.05, 0) is 56.7 Å². The number of amides is 1. The van der Waals surface area contributed by atoms with Gasteiger partial charge in [-0.1, -0.05) is 18.2 Å². The summed E-state index contributed by atoms with van der Waals surface area (Å²) in [6.45, 7) is 6.16. The lowest BCUT2D eigenvalue weighted by Gasteiger charge is -2.21. The van der Waals surface area contributed by atoms with Crippen LogP contribution in [-0.4, -0.2) is 17.1 Å². The number of carbonyl (C=O) groups excluding carboxylic acids is 1. The molecule has 1 fully saturated rings. The van der Waals surface area contributed by atoms with Crippen molar-refractivity contribution in [3.8, 4) is 0 Å². The molecule has 0 spiro atoms. The fraction of sp³-hybridized carbons (Fsp3) is 0.562. The first-order valence-electron chi connectivity index (χ1n) is 7.05. The van der Waals surface area contributed by atoms with Crippen molar-refractivity contribution in [1.29, 1.82) is 0 Å². The van der Waals surface area contributed by atoms with E-state index in [0.717, 1.165) is 24.8 Å². The van der Waals surface area contributed by atoms with Crippen LogP contribution in [0.5, 0.6) is 0 Å². The van der Waals surface area contributed by atoms with Crippen LogP contribution >= 0.6 is 0 Å². The lowest BCUT2D eigenvalue weighted by atomic mass is 9.97. The third kappa shape index (κ3) is 2.98. The van der Waals surface area contributed by atoms with E-state index in [4.69, 9.17) is 0 Å². The molecule has 0 aromatic heterocycles. The Morgan fingerprint density at radius 3 is 2.74 bits per heavy atom. The van der Waals surface area contributed by atoms with Gasteiger partial charge in [-0.3, -0.25) is 4.79 Å². The molecular formula is C16H23NO2. The van der Waals surface area contributed by atoms with Gasteiger partial charge in [0.1, 0.15) is 0 Å². The number of aliphatic hydroxyl groups excluding tert-OH is 1. The molecule has 2 rings (SSSR count). The van der Waals surface area contributed by atoms with Crippen molar-refractivity contribution >= 4 is 5.91 Å². The minimum Gasteiger partial charge on any atom is -0.392 e. The number of nitrogens with one attached hydrogen (secondary N) is 1. The van der Waals surface area contributed by atoms with Gasteiger partial charge in [-0.2, -0.15) is 0 Å². The molecule has 1 aromatic rings. The van der Waals surface area contributed by atoms with E-state index in [2.05, 4.69) is 31.3 Å². The van der Waals surface area contributed by atoms with Gasteiger partial charge in [0.15, 0.2) is 0 Å². The highest BCUT2D eigenvalue weighted by Gasteiger charge is 2.32. The Morgan fingerprint density at radius 1 is 1.37 bits per heavy atom. The fourth-order valence-electron chi connectivity index (χ4n) is 2.89. The number of aryl methyl sites for hydroxylation is 1. The average molecular weight is 261 g/mol. The van der Waals surface area contributed by atoms with Gasteiger partial charge in [0.2, 0.25) is 5.91 Å². The van der Waals surface area contributed by atoms with E-state index in [-0.39, 0.29) is 17.9 Å². The Hall–Kier alpha value is -1.35. The SMILES string of the molecule is Cc1cccc(C(C)NC(=O)C2CCCC2O)c1C. The molecule has 1 aliphatic rings. The van der Waals surface area contributed by atoms with Crippen molar-refractivity contribution in [3.05, 3.63) is 34.9 Å². The lowest BCUT2D eigenvalue weighted by molar-refractivity contribution is -0.128. The number of benzene rings is 1. The monoisotopic (exact) mass is 261 g/mol. The Kier molecular flexibility index (Phi) is 4.25. The van der Waals surface area contributed by atoms with E-state index in [1.165, 1.54) is 11.1 Å². The molecular weight excluding hydrogens is 238 g/mol. The van der Waals surface area contributed by atoms with Gasteiger partial charge in [-0.15, -0.1) is 0 Å². The summed E-state index contributed by atoms with van der Waals surface area (Å²) >= 11 is 0. The lowest BCUT2D eigenvalue weighted by Crippen LogP contribution is -2.36. The van der Waals surface area contributed by atoms with Crippen molar-refractivity contribution in [2.24, 2.45) is 5.92 Å². The van der Waals surface area contributed by atoms with Crippen LogP contribution in [0.4, 0.5) is 0 Å². The minimum atomic E-state index is -0.467. The Morgan fingerprint density at radius 2 is 2.11 bits per heavy atom. The number of hydrogen-bond donors (Lipinski definition) is 2. The maximum absolute atomic E-state index is 12.2. The molecule has 1 saturated carbocycles. The van der Waals surface area contributed by atoms with Crippen LogP contribution < -0.4 is 5.32 Å². The largest absolute Gasteiger partial charge is 0.392 e. The van der Waals surface area contributed by atoms with Crippen LogP contribution in [0, 0.1) is 19.8 Å². The van der Waals surface area contributed by atoms with Gasteiger partial charge in [0.25, 0.3) is 0 Å². The summed E-state index contributed by atoms with van der Waals surface area (Å²) in [5.74, 6) is -0.244. The maximum Gasteiger partial charge on any atom is 0.226 e. The highest BCUT2D eigenvalue weighted by Crippen LogP contribution is 2.27. The molecule has 1 aliphatic carbocycles. The van der Waals surface area contributed by atoms with E-state index in [1.807, 2.05) is 13.0 Å². The third-order valence-electron chi connectivity index (χ3n) is 4.29. The summed E-state index contributed by atoms with van der Waals surface area (Å²) in [7, 11) is 0. The standard InChI is InChI=1S/C16H23NO2/c1-10-6-4-7-13(11(10)2)12(3)17-16(19)14-8-5-9-15(14)18/h4,6-7,12,14-15,18H,5,8-9H2,1-3H3,(H,17,19). The molecule has 0 heterocycles. The van der Waals surface area contributed by atoms with E-state index in [0.29, 0.717) is 0 Å². The predicted molar refractivity (Wildman–Crippen MR) is 75.8 cm³/mol. The molecule has 19 heavy (non-hydrogen) atoms. The molecule has 0 saturated heterocycles. The van der Waals surface area contributed by atoms with E-state index in [1.54, 1.807) is 0 Å². The minimum absolute atomic E-state index is 0.0137. The van der Waals surface area contributed by atoms with E-state index < -0.39 is 6.10 Å². The van der Waals surface area contributed by atoms with Gasteiger partial charge in [0, 0.05) is 0 Å². The normalized spacial score (nSPS) is 24.2. The molecule has 1 amide bonds. The zero-order valence-electron chi connectivity index (χ0n) is 11.9. The first-order valence-corrected chi connectivity index (χ1v) is 7.05. The molecule has 3 nitrogen and oxygen atoms in total. The summed E-state index contributed by atoms with van der Waals surface area (Å²) in [6.07, 6.45) is 2.02. The quantitative estimate of drug-likeness (QED) is 0.878. The summed E-state index contributed by atoms with van der Waals surface area (Å²) in [6, 6.07) is 6.14. The number of rotatable bonds is 3. The van der Waals surface area contributed by atoms with Gasteiger partial charge >= 0.3 is 0 Å². The number of aliphatic hydroxyl groups is 1. The molecule has 0 radical (unpaired) electrons. The number of hydrogen-bond acceptors (Lipinski definition) is 2. The first-order chi connectivity index (χ1) is 9.00. The van der Waals surface area contributed by atoms with Gasteiger partial charge in [-0.25, -0.2) is 0 Å². The van der Waals surface area contributed by atoms with Crippen molar-refractivity contribution in [1.82, 2.24) is 5.32 Å². The van der Waals surface area contributed by atoms with Crippen LogP contribution in [0.15, 0.2) is 18.2 Å². The van der Waals surface area contributed by atoms with E-state index in [9.17, 15) is 9.90 Å². The molecule has 3 atom stereocenters. The topological polar surface area (TPSA) is 49.3 Å². The maximum atomic E-state index is 12.2. The van der Waals surface area contributed by atoms with Crippen LogP contribution in [0.1, 0.15) is 48.9 Å². The zero-order chi connectivity index (χ0) is 14.0.